The van der Waals surface area contributed by atoms with E-state index in [4.69, 9.17) is 0 Å². The smallest absolute Gasteiger partial charge is 0.289 e. The van der Waals surface area contributed by atoms with E-state index < -0.39 is 29.3 Å². The highest BCUT2D eigenvalue weighted by Crippen LogP contribution is 2.37. The highest BCUT2D eigenvalue weighted by molar-refractivity contribution is 6.11. The van der Waals surface area contributed by atoms with Gasteiger partial charge in [0.25, 0.3) is 0 Å². The summed E-state index contributed by atoms with van der Waals surface area (Å²) < 4.78 is 79.1. The molecule has 0 aliphatic rings. The van der Waals surface area contributed by atoms with Gasteiger partial charge in [0.2, 0.25) is 0 Å². The van der Waals surface area contributed by atoms with Crippen molar-refractivity contribution in [3.8, 4) is 0 Å². The summed E-state index contributed by atoms with van der Waals surface area (Å²) in [6.45, 7) is 5.09. The monoisotopic (exact) mass is 374 g/mol. The van der Waals surface area contributed by atoms with Crippen LogP contribution in [0.1, 0.15) is 49.3 Å². The summed E-state index contributed by atoms with van der Waals surface area (Å²) in [7, 11) is 0. The number of hydrogen-bond acceptors (Lipinski definition) is 1. The zero-order valence-corrected chi connectivity index (χ0v) is 14.5. The number of rotatable bonds is 2. The first-order chi connectivity index (χ1) is 11.7. The third kappa shape index (κ3) is 3.76. The largest absolute Gasteiger partial charge is 0.416 e. The Morgan fingerprint density at radius 1 is 0.654 bits per heavy atom. The molecule has 0 saturated carbocycles. The first-order valence-electron chi connectivity index (χ1n) is 7.65. The number of aryl methyl sites for hydroxylation is 2. The second kappa shape index (κ2) is 6.45. The summed E-state index contributed by atoms with van der Waals surface area (Å²) in [6.07, 6.45) is -9.33. The van der Waals surface area contributed by atoms with E-state index in [9.17, 15) is 31.1 Å². The number of halogens is 6. The molecular weight excluding hydrogens is 358 g/mol. The summed E-state index contributed by atoms with van der Waals surface area (Å²) in [4.78, 5) is 12.8. The molecular formula is C19H16F6O. The molecule has 0 spiro atoms. The zero-order valence-electron chi connectivity index (χ0n) is 14.5. The van der Waals surface area contributed by atoms with Gasteiger partial charge in [-0.3, -0.25) is 4.79 Å². The van der Waals surface area contributed by atoms with E-state index in [0.717, 1.165) is 26.0 Å². The van der Waals surface area contributed by atoms with Crippen LogP contribution < -0.4 is 0 Å². The van der Waals surface area contributed by atoms with Gasteiger partial charge in [0.1, 0.15) is 0 Å². The molecule has 0 amide bonds. The van der Waals surface area contributed by atoms with E-state index in [1.165, 1.54) is 26.0 Å². The Bertz CT molecular complexity index is 804. The average Bonchev–Trinajstić information content (AvgIpc) is 2.48. The number of hydrogen-bond donors (Lipinski definition) is 0. The average molecular weight is 374 g/mol. The van der Waals surface area contributed by atoms with Crippen LogP contribution in [-0.4, -0.2) is 5.78 Å². The summed E-state index contributed by atoms with van der Waals surface area (Å²) in [5.41, 5.74) is -2.65. The fraction of sp³-hybridized carbons (Fsp3) is 0.316. The Morgan fingerprint density at radius 2 is 0.962 bits per heavy atom. The van der Waals surface area contributed by atoms with Crippen LogP contribution in [0.15, 0.2) is 24.3 Å². The quantitative estimate of drug-likeness (QED) is 0.453. The Labute approximate surface area is 146 Å². The van der Waals surface area contributed by atoms with Gasteiger partial charge in [-0.15, -0.1) is 0 Å². The summed E-state index contributed by atoms with van der Waals surface area (Å²) in [5.74, 6) is -0.858. The van der Waals surface area contributed by atoms with E-state index in [-0.39, 0.29) is 33.4 Å². The van der Waals surface area contributed by atoms with Crippen LogP contribution in [-0.2, 0) is 12.4 Å². The Morgan fingerprint density at radius 3 is 1.23 bits per heavy atom. The molecule has 0 aromatic heterocycles. The molecule has 0 aliphatic carbocycles. The van der Waals surface area contributed by atoms with E-state index in [0.29, 0.717) is 0 Å². The summed E-state index contributed by atoms with van der Waals surface area (Å²) in [5, 5.41) is 0. The number of carbonyl (C=O) groups excluding carboxylic acids is 1. The van der Waals surface area contributed by atoms with Crippen molar-refractivity contribution < 1.29 is 31.1 Å². The van der Waals surface area contributed by atoms with Gasteiger partial charge in [0.05, 0.1) is 11.1 Å². The molecule has 1 nitrogen and oxygen atoms in total. The minimum Gasteiger partial charge on any atom is -0.289 e. The van der Waals surface area contributed by atoms with Crippen molar-refractivity contribution in [2.24, 2.45) is 0 Å². The lowest BCUT2D eigenvalue weighted by Crippen LogP contribution is -2.16. The maximum atomic E-state index is 13.2. The van der Waals surface area contributed by atoms with E-state index in [1.807, 2.05) is 0 Å². The lowest BCUT2D eigenvalue weighted by Gasteiger charge is -2.18. The molecule has 0 aliphatic heterocycles. The molecule has 2 rings (SSSR count). The SMILES string of the molecule is Cc1cc(C(=O)c2cc(C)cc(C(F)(F)F)c2C)c(C)c(C(F)(F)F)c1. The van der Waals surface area contributed by atoms with Crippen molar-refractivity contribution in [2.75, 3.05) is 0 Å². The Kier molecular flexibility index (Phi) is 4.96. The van der Waals surface area contributed by atoms with Crippen LogP contribution in [0, 0.1) is 27.7 Å². The molecule has 140 valence electrons. The van der Waals surface area contributed by atoms with Crippen LogP contribution in [0.5, 0.6) is 0 Å². The Balaban J connectivity index is 2.72. The highest BCUT2D eigenvalue weighted by Gasteiger charge is 2.36. The summed E-state index contributed by atoms with van der Waals surface area (Å²) in [6, 6.07) is 4.36. The molecule has 0 radical (unpaired) electrons. The van der Waals surface area contributed by atoms with Gasteiger partial charge in [-0.05, 0) is 74.2 Å². The van der Waals surface area contributed by atoms with Crippen molar-refractivity contribution in [1.82, 2.24) is 0 Å². The predicted octanol–water partition coefficient (Wildman–Crippen LogP) is 6.19. The van der Waals surface area contributed by atoms with E-state index >= 15 is 0 Å². The third-order valence-corrected chi connectivity index (χ3v) is 4.20. The van der Waals surface area contributed by atoms with Crippen molar-refractivity contribution in [3.63, 3.8) is 0 Å². The molecule has 0 heterocycles. The van der Waals surface area contributed by atoms with Gasteiger partial charge < -0.3 is 0 Å². The van der Waals surface area contributed by atoms with Crippen LogP contribution in [0.4, 0.5) is 26.3 Å². The molecule has 26 heavy (non-hydrogen) atoms. The zero-order chi connectivity index (χ0) is 20.0. The molecule has 2 aromatic carbocycles. The number of alkyl halides is 6. The minimum absolute atomic E-state index is 0.202. The van der Waals surface area contributed by atoms with Crippen LogP contribution in [0.25, 0.3) is 0 Å². The molecule has 0 saturated heterocycles. The molecule has 0 N–H and O–H groups in total. The van der Waals surface area contributed by atoms with Crippen molar-refractivity contribution >= 4 is 5.78 Å². The van der Waals surface area contributed by atoms with Gasteiger partial charge in [-0.2, -0.15) is 26.3 Å². The van der Waals surface area contributed by atoms with Gasteiger partial charge >= 0.3 is 12.4 Å². The second-order valence-corrected chi connectivity index (χ2v) is 6.29. The molecule has 0 bridgehead atoms. The van der Waals surface area contributed by atoms with Crippen LogP contribution in [0.3, 0.4) is 0 Å². The van der Waals surface area contributed by atoms with E-state index in [2.05, 4.69) is 0 Å². The summed E-state index contributed by atoms with van der Waals surface area (Å²) >= 11 is 0. The molecule has 0 fully saturated rings. The number of ketones is 1. The van der Waals surface area contributed by atoms with Gasteiger partial charge in [-0.25, -0.2) is 0 Å². The fourth-order valence-electron chi connectivity index (χ4n) is 2.92. The number of carbonyl (C=O) groups is 1. The van der Waals surface area contributed by atoms with E-state index in [1.54, 1.807) is 0 Å². The van der Waals surface area contributed by atoms with Gasteiger partial charge in [0, 0.05) is 11.1 Å². The highest BCUT2D eigenvalue weighted by atomic mass is 19.4. The maximum Gasteiger partial charge on any atom is 0.416 e. The van der Waals surface area contributed by atoms with Crippen LogP contribution >= 0.6 is 0 Å². The van der Waals surface area contributed by atoms with Crippen LogP contribution in [0.2, 0.25) is 0 Å². The van der Waals surface area contributed by atoms with Gasteiger partial charge in [-0.1, -0.05) is 0 Å². The lowest BCUT2D eigenvalue weighted by atomic mass is 9.89. The topological polar surface area (TPSA) is 17.1 Å². The molecule has 7 heteroatoms. The molecule has 2 aromatic rings. The van der Waals surface area contributed by atoms with Crippen molar-refractivity contribution in [2.45, 2.75) is 40.0 Å². The third-order valence-electron chi connectivity index (χ3n) is 4.20. The first kappa shape index (κ1) is 20.0. The minimum atomic E-state index is -4.66. The standard InChI is InChI=1S/C19H16F6O/c1-9-5-13(11(3)15(7-9)18(20,21)22)17(26)14-6-10(2)8-16(12(14)4)19(23,24)25/h5-8H,1-4H3. The van der Waals surface area contributed by atoms with Crippen molar-refractivity contribution in [3.05, 3.63) is 68.8 Å². The molecule has 0 atom stereocenters. The maximum absolute atomic E-state index is 13.2. The first-order valence-corrected chi connectivity index (χ1v) is 7.65. The Hall–Kier alpha value is -2.31. The van der Waals surface area contributed by atoms with Gasteiger partial charge in [0.15, 0.2) is 5.78 Å². The normalized spacial score (nSPS) is 12.4. The van der Waals surface area contributed by atoms with Crippen molar-refractivity contribution in [1.29, 1.82) is 0 Å². The lowest BCUT2D eigenvalue weighted by molar-refractivity contribution is -0.138. The second-order valence-electron chi connectivity index (χ2n) is 6.29. The molecule has 0 unspecified atom stereocenters. The number of benzene rings is 2. The predicted molar refractivity (Wildman–Crippen MR) is 85.3 cm³/mol. The fourth-order valence-corrected chi connectivity index (χ4v) is 2.92.